The summed E-state index contributed by atoms with van der Waals surface area (Å²) in [5.74, 6) is -1.33. The van der Waals surface area contributed by atoms with Gasteiger partial charge in [0.1, 0.15) is 0 Å². The quantitative estimate of drug-likeness (QED) is 0.398. The summed E-state index contributed by atoms with van der Waals surface area (Å²) in [6, 6.07) is 0. The first-order chi connectivity index (χ1) is 2.73. The van der Waals surface area contributed by atoms with Crippen molar-refractivity contribution in [2.24, 2.45) is 0 Å². The Kier molecular flexibility index (Phi) is 35.6. The molecule has 0 rings (SSSR count). The second-order valence-corrected chi connectivity index (χ2v) is 0.372. The van der Waals surface area contributed by atoms with Crippen LogP contribution >= 0.6 is 10.1 Å². The van der Waals surface area contributed by atoms with E-state index in [9.17, 15) is 0 Å². The van der Waals surface area contributed by atoms with E-state index in [2.05, 4.69) is 32.1 Å². The minimum atomic E-state index is -1.33. The summed E-state index contributed by atoms with van der Waals surface area (Å²) in [6.45, 7) is 2.44. The Bertz CT molecular complexity index is 36.7. The molecule has 0 saturated heterocycles. The Morgan fingerprint density at radius 2 is 1.71 bits per heavy atom. The number of carboxylic acid groups (broad SMARTS) is 1. The van der Waals surface area contributed by atoms with Crippen LogP contribution in [-0.2, 0) is 37.0 Å². The molecule has 0 atom stereocenters. The smallest absolute Gasteiger partial charge is 1.00 e. The molecule has 0 unspecified atom stereocenters. The van der Waals surface area contributed by atoms with Crippen molar-refractivity contribution in [3.8, 4) is 0 Å². The number of rotatable bonds is 0. The molecule has 0 saturated carbocycles. The van der Waals surface area contributed by atoms with Gasteiger partial charge in [0.25, 0.3) is 0 Å². The molecule has 0 N–H and O–H groups in total. The monoisotopic (exact) mass is 219 g/mol. The molecule has 0 bridgehead atoms. The van der Waals surface area contributed by atoms with Crippen molar-refractivity contribution in [3.05, 3.63) is 6.92 Å². The molecule has 0 fully saturated rings. The van der Waals surface area contributed by atoms with Gasteiger partial charge in [0.2, 0.25) is 0 Å². The average Bonchev–Trinajstić information content (AvgIpc) is 1.41. The molecular formula is C2H2ClCu2O2. The zero-order chi connectivity index (χ0) is 5.58. The largest absolute Gasteiger partial charge is 1.00 e. The molecule has 0 aliphatic rings. The first-order valence-corrected chi connectivity index (χ1v) is 2.17. The number of aliphatic carboxylic acids is 1. The maximum Gasteiger partial charge on any atom is 1.00 e. The van der Waals surface area contributed by atoms with Gasteiger partial charge < -0.3 is 16.8 Å². The molecule has 0 amide bonds. The molecule has 0 spiro atoms. The van der Waals surface area contributed by atoms with Crippen LogP contribution in [0.4, 0.5) is 0 Å². The fourth-order valence-electron chi connectivity index (χ4n) is 0. The van der Waals surface area contributed by atoms with Crippen molar-refractivity contribution in [2.45, 2.75) is 0 Å². The van der Waals surface area contributed by atoms with E-state index in [0.29, 0.717) is 0 Å². The summed E-state index contributed by atoms with van der Waals surface area (Å²) >= 11 is 3.66. The van der Waals surface area contributed by atoms with Gasteiger partial charge in [-0.2, -0.15) is 0 Å². The van der Waals surface area contributed by atoms with E-state index >= 15 is 0 Å². The van der Waals surface area contributed by atoms with Crippen molar-refractivity contribution >= 4 is 16.1 Å². The van der Waals surface area contributed by atoms with Gasteiger partial charge in [-0.3, -0.25) is 0 Å². The van der Waals surface area contributed by atoms with Crippen molar-refractivity contribution in [1.29, 1.82) is 0 Å². The van der Waals surface area contributed by atoms with Gasteiger partial charge in [0.15, 0.2) is 0 Å². The summed E-state index contributed by atoms with van der Waals surface area (Å²) in [7, 11) is 4.20. The van der Waals surface area contributed by atoms with E-state index in [-0.39, 0.29) is 17.1 Å². The van der Waals surface area contributed by atoms with E-state index in [0.717, 1.165) is 0 Å². The van der Waals surface area contributed by atoms with Gasteiger partial charge in [-0.15, -0.1) is 5.97 Å². The third-order valence-electron chi connectivity index (χ3n) is 0. The summed E-state index contributed by atoms with van der Waals surface area (Å²) in [5.41, 5.74) is 0. The average molecular weight is 221 g/mol. The number of carbonyl (C=O) groups excluding carboxylic acids is 1. The molecule has 0 heterocycles. The maximum atomic E-state index is 8.78. The number of hydrogen-bond acceptors (Lipinski definition) is 2. The Balaban J connectivity index is -0.0000000480. The zero-order valence-electron chi connectivity index (χ0n) is 3.00. The van der Waals surface area contributed by atoms with Crippen LogP contribution in [0.3, 0.4) is 0 Å². The minimum absolute atomic E-state index is 0. The first kappa shape index (κ1) is 15.6. The molecular weight excluding hydrogens is 219 g/mol. The van der Waals surface area contributed by atoms with Crippen LogP contribution in [0, 0.1) is 6.92 Å². The molecule has 0 aliphatic carbocycles. The predicted molar refractivity (Wildman–Crippen MR) is 16.2 cm³/mol. The molecule has 0 radical (unpaired) electrons. The Hall–Kier alpha value is 0.669. The number of hydrogen-bond donors (Lipinski definition) is 0. The third-order valence-corrected chi connectivity index (χ3v) is 0. The van der Waals surface area contributed by atoms with E-state index in [1.54, 1.807) is 0 Å². The van der Waals surface area contributed by atoms with Crippen LogP contribution in [0.25, 0.3) is 0 Å². The number of halogens is 1. The van der Waals surface area contributed by atoms with E-state index < -0.39 is 5.97 Å². The molecule has 5 heteroatoms. The van der Waals surface area contributed by atoms with Gasteiger partial charge in [0, 0.05) is 0 Å². The van der Waals surface area contributed by atoms with Crippen LogP contribution in [-0.4, -0.2) is 5.97 Å². The van der Waals surface area contributed by atoms with Crippen LogP contribution in [0.5, 0.6) is 0 Å². The summed E-state index contributed by atoms with van der Waals surface area (Å²) in [6.07, 6.45) is 0. The van der Waals surface area contributed by atoms with Crippen molar-refractivity contribution in [1.82, 2.24) is 0 Å². The van der Waals surface area contributed by atoms with Gasteiger partial charge in [0.05, 0.1) is 0 Å². The van der Waals surface area contributed by atoms with Crippen LogP contribution in [0.15, 0.2) is 0 Å². The van der Waals surface area contributed by atoms with Crippen molar-refractivity contribution in [3.63, 3.8) is 0 Å². The van der Waals surface area contributed by atoms with Crippen LogP contribution < -0.4 is 5.11 Å². The number of carbonyl (C=O) groups is 1. The van der Waals surface area contributed by atoms with Gasteiger partial charge in [-0.05, 0) is 0 Å². The molecule has 2 nitrogen and oxygen atoms in total. The van der Waals surface area contributed by atoms with Crippen molar-refractivity contribution < 1.29 is 42.1 Å². The van der Waals surface area contributed by atoms with E-state index in [1.165, 1.54) is 0 Å². The molecule has 0 aromatic rings. The molecule has 0 aliphatic heterocycles. The van der Waals surface area contributed by atoms with Gasteiger partial charge >= 0.3 is 42.3 Å². The van der Waals surface area contributed by atoms with E-state index in [4.69, 9.17) is 9.90 Å². The topological polar surface area (TPSA) is 40.1 Å². The minimum Gasteiger partial charge on any atom is 1.00 e. The normalized spacial score (nSPS) is 4.43. The maximum absolute atomic E-state index is 8.78. The molecule has 51 valence electrons. The SMILES string of the molecule is [CH2-]C(=O)[O-].[Cl][Cu+].[Cu+]. The Morgan fingerprint density at radius 1 is 1.71 bits per heavy atom. The Morgan fingerprint density at radius 3 is 1.71 bits per heavy atom. The summed E-state index contributed by atoms with van der Waals surface area (Å²) in [5, 5.41) is 8.78. The number of carboxylic acids is 1. The molecule has 7 heavy (non-hydrogen) atoms. The molecule has 0 aromatic carbocycles. The fraction of sp³-hybridized carbons (Fsp3) is 0. The standard InChI is InChI=1S/C2H3O2.ClH.2Cu/c1-2(3)4;;;/h1H2,(H,3,4);1H;;/q-1;;+1;+2/p-2. The van der Waals surface area contributed by atoms with Crippen LogP contribution in [0.2, 0.25) is 0 Å². The second-order valence-electron chi connectivity index (χ2n) is 0.372. The first-order valence-electron chi connectivity index (χ1n) is 0.876. The van der Waals surface area contributed by atoms with Crippen molar-refractivity contribution in [2.75, 3.05) is 0 Å². The summed E-state index contributed by atoms with van der Waals surface area (Å²) < 4.78 is 0. The fourth-order valence-corrected chi connectivity index (χ4v) is 0. The van der Waals surface area contributed by atoms with Gasteiger partial charge in [-0.1, -0.05) is 0 Å². The van der Waals surface area contributed by atoms with Gasteiger partial charge in [-0.25, -0.2) is 0 Å². The third kappa shape index (κ3) is 325. The van der Waals surface area contributed by atoms with E-state index in [1.807, 2.05) is 0 Å². The Labute approximate surface area is 65.1 Å². The van der Waals surface area contributed by atoms with Crippen LogP contribution in [0.1, 0.15) is 0 Å². The second kappa shape index (κ2) is 15.9. The molecule has 0 aromatic heterocycles. The predicted octanol–water partition coefficient (Wildman–Crippen LogP) is -0.745. The zero-order valence-corrected chi connectivity index (χ0v) is 5.64. The summed E-state index contributed by atoms with van der Waals surface area (Å²) in [4.78, 5) is 8.78.